The Kier molecular flexibility index (Phi) is 7.91. The third kappa shape index (κ3) is 6.41. The van der Waals surface area contributed by atoms with Crippen molar-refractivity contribution >= 4 is 56.5 Å². The second kappa shape index (κ2) is 11.1. The minimum absolute atomic E-state index is 0.228. The van der Waals surface area contributed by atoms with Gasteiger partial charge in [0.25, 0.3) is 11.1 Å². The average Bonchev–Trinajstić information content (AvgIpc) is 3.06. The van der Waals surface area contributed by atoms with Gasteiger partial charge in [-0.05, 0) is 106 Å². The van der Waals surface area contributed by atoms with Crippen LogP contribution in [0.4, 0.5) is 14.9 Å². The Labute approximate surface area is 220 Å². The summed E-state index contributed by atoms with van der Waals surface area (Å²) in [4.78, 5) is 38.9. The molecule has 0 aliphatic carbocycles. The molecule has 3 aromatic rings. The molecular formula is C27H22BrFN2O4S. The number of carbonyl (C=O) groups is 3. The van der Waals surface area contributed by atoms with Crippen molar-refractivity contribution in [1.29, 1.82) is 0 Å². The van der Waals surface area contributed by atoms with Gasteiger partial charge in [0.15, 0.2) is 0 Å². The number of thioether (sulfide) groups is 1. The van der Waals surface area contributed by atoms with Gasteiger partial charge in [0, 0.05) is 5.69 Å². The normalized spacial score (nSPS) is 14.4. The van der Waals surface area contributed by atoms with Crippen molar-refractivity contribution in [1.82, 2.24) is 4.90 Å². The molecule has 3 amide bonds. The van der Waals surface area contributed by atoms with Crippen molar-refractivity contribution in [3.05, 3.63) is 98.1 Å². The van der Waals surface area contributed by atoms with Crippen molar-refractivity contribution in [2.24, 2.45) is 0 Å². The van der Waals surface area contributed by atoms with Crippen LogP contribution >= 0.6 is 27.7 Å². The molecule has 4 rings (SSSR count). The van der Waals surface area contributed by atoms with Gasteiger partial charge < -0.3 is 10.1 Å². The van der Waals surface area contributed by atoms with E-state index in [4.69, 9.17) is 4.74 Å². The van der Waals surface area contributed by atoms with E-state index in [2.05, 4.69) is 21.2 Å². The number of anilines is 1. The lowest BCUT2D eigenvalue weighted by atomic mass is 10.1. The third-order valence-corrected chi connectivity index (χ3v) is 6.77. The number of hydrogen-bond acceptors (Lipinski definition) is 5. The lowest BCUT2D eigenvalue weighted by Gasteiger charge is -2.13. The van der Waals surface area contributed by atoms with Crippen LogP contribution in [0.5, 0.6) is 5.75 Å². The maximum atomic E-state index is 13.1. The molecule has 0 saturated carbocycles. The highest BCUT2D eigenvalue weighted by Gasteiger charge is 2.36. The van der Waals surface area contributed by atoms with Crippen molar-refractivity contribution in [3.63, 3.8) is 0 Å². The van der Waals surface area contributed by atoms with E-state index in [1.165, 1.54) is 12.1 Å². The van der Waals surface area contributed by atoms with Crippen LogP contribution in [-0.4, -0.2) is 28.5 Å². The Morgan fingerprint density at radius 2 is 1.75 bits per heavy atom. The van der Waals surface area contributed by atoms with Crippen molar-refractivity contribution in [2.45, 2.75) is 20.5 Å². The zero-order chi connectivity index (χ0) is 25.8. The van der Waals surface area contributed by atoms with Crippen LogP contribution in [0.2, 0.25) is 0 Å². The van der Waals surface area contributed by atoms with Gasteiger partial charge in [-0.25, -0.2) is 4.39 Å². The van der Waals surface area contributed by atoms with Crippen molar-refractivity contribution in [2.75, 3.05) is 11.9 Å². The van der Waals surface area contributed by atoms with Gasteiger partial charge in [-0.15, -0.1) is 0 Å². The zero-order valence-corrected chi connectivity index (χ0v) is 21.9. The number of ether oxygens (including phenoxy) is 1. The highest BCUT2D eigenvalue weighted by molar-refractivity contribution is 9.10. The molecule has 1 aliphatic rings. The topological polar surface area (TPSA) is 75.7 Å². The van der Waals surface area contributed by atoms with Gasteiger partial charge >= 0.3 is 0 Å². The van der Waals surface area contributed by atoms with Crippen LogP contribution in [0.3, 0.4) is 0 Å². The minimum Gasteiger partial charge on any atom is -0.488 e. The molecule has 9 heteroatoms. The van der Waals surface area contributed by atoms with E-state index < -0.39 is 17.1 Å². The number of benzene rings is 3. The molecule has 0 radical (unpaired) electrons. The molecule has 6 nitrogen and oxygen atoms in total. The van der Waals surface area contributed by atoms with E-state index in [0.717, 1.165) is 33.4 Å². The maximum Gasteiger partial charge on any atom is 0.294 e. The number of rotatable bonds is 7. The third-order valence-electron chi connectivity index (χ3n) is 5.24. The second-order valence-corrected chi connectivity index (χ2v) is 10.1. The van der Waals surface area contributed by atoms with E-state index in [0.29, 0.717) is 21.5 Å². The fourth-order valence-electron chi connectivity index (χ4n) is 3.64. The van der Waals surface area contributed by atoms with E-state index in [9.17, 15) is 18.8 Å². The predicted octanol–water partition coefficient (Wildman–Crippen LogP) is 6.46. The van der Waals surface area contributed by atoms with Crippen LogP contribution in [-0.2, 0) is 16.2 Å². The quantitative estimate of drug-likeness (QED) is 0.331. The van der Waals surface area contributed by atoms with E-state index in [1.807, 2.05) is 32.0 Å². The first-order valence-electron chi connectivity index (χ1n) is 11.0. The van der Waals surface area contributed by atoms with Gasteiger partial charge in [0.05, 0.1) is 9.38 Å². The first-order valence-corrected chi connectivity index (χ1v) is 12.6. The van der Waals surface area contributed by atoms with Gasteiger partial charge in [0.1, 0.15) is 24.7 Å². The summed E-state index contributed by atoms with van der Waals surface area (Å²) in [5.74, 6) is -0.703. The summed E-state index contributed by atoms with van der Waals surface area (Å²) in [5.41, 5.74) is 4.12. The molecule has 0 bridgehead atoms. The zero-order valence-electron chi connectivity index (χ0n) is 19.5. The Morgan fingerprint density at radius 1 is 1.06 bits per heavy atom. The number of hydrogen-bond donors (Lipinski definition) is 1. The molecule has 1 aliphatic heterocycles. The van der Waals surface area contributed by atoms with Crippen molar-refractivity contribution < 1.29 is 23.5 Å². The molecule has 36 heavy (non-hydrogen) atoms. The molecular weight excluding hydrogens is 547 g/mol. The SMILES string of the molecule is Cc1cc(C)cc(NC(=O)CN2C(=O)S/C(=C\c3ccc(OCc4ccc(F)cc4)c(Br)c3)C2=O)c1. The average molecular weight is 569 g/mol. The van der Waals surface area contributed by atoms with Gasteiger partial charge in [-0.3, -0.25) is 19.3 Å². The minimum atomic E-state index is -0.520. The fraction of sp³-hybridized carbons (Fsp3) is 0.148. The van der Waals surface area contributed by atoms with Crippen molar-refractivity contribution in [3.8, 4) is 5.75 Å². The smallest absolute Gasteiger partial charge is 0.294 e. The molecule has 184 valence electrons. The summed E-state index contributed by atoms with van der Waals surface area (Å²) in [6.07, 6.45) is 1.60. The summed E-state index contributed by atoms with van der Waals surface area (Å²) < 4.78 is 19.5. The van der Waals surface area contributed by atoms with Crippen LogP contribution < -0.4 is 10.1 Å². The molecule has 1 N–H and O–H groups in total. The number of aryl methyl sites for hydroxylation is 2. The first-order chi connectivity index (χ1) is 17.2. The van der Waals surface area contributed by atoms with Crippen LogP contribution in [0, 0.1) is 19.7 Å². The predicted molar refractivity (Wildman–Crippen MR) is 142 cm³/mol. The van der Waals surface area contributed by atoms with Gasteiger partial charge in [0.2, 0.25) is 5.91 Å². The molecule has 0 spiro atoms. The summed E-state index contributed by atoms with van der Waals surface area (Å²) in [7, 11) is 0. The summed E-state index contributed by atoms with van der Waals surface area (Å²) in [6.45, 7) is 3.75. The van der Waals surface area contributed by atoms with E-state index in [1.54, 1.807) is 36.4 Å². The number of nitrogens with one attached hydrogen (secondary N) is 1. The van der Waals surface area contributed by atoms with E-state index in [-0.39, 0.29) is 23.9 Å². The van der Waals surface area contributed by atoms with E-state index >= 15 is 0 Å². The molecule has 0 unspecified atom stereocenters. The van der Waals surface area contributed by atoms with Gasteiger partial charge in [-0.2, -0.15) is 0 Å². The Hall–Kier alpha value is -3.43. The summed E-state index contributed by atoms with van der Waals surface area (Å²) in [5, 5.41) is 2.24. The second-order valence-electron chi connectivity index (χ2n) is 8.30. The Bertz CT molecular complexity index is 1350. The largest absolute Gasteiger partial charge is 0.488 e. The standard InChI is InChI=1S/C27H22BrFN2O4S/c1-16-9-17(2)11-21(10-16)30-25(32)14-31-26(33)24(36-27(31)34)13-19-5-8-23(22(28)12-19)35-15-18-3-6-20(29)7-4-18/h3-13H,14-15H2,1-2H3,(H,30,32)/b24-13-. The van der Waals surface area contributed by atoms with Crippen LogP contribution in [0.1, 0.15) is 22.3 Å². The number of amides is 3. The van der Waals surface area contributed by atoms with Gasteiger partial charge in [-0.1, -0.05) is 24.3 Å². The summed E-state index contributed by atoms with van der Waals surface area (Å²) >= 11 is 4.25. The number of nitrogens with zero attached hydrogens (tertiary/aromatic N) is 1. The Balaban J connectivity index is 1.39. The lowest BCUT2D eigenvalue weighted by Crippen LogP contribution is -2.36. The number of carbonyl (C=O) groups excluding carboxylic acids is 3. The highest BCUT2D eigenvalue weighted by Crippen LogP contribution is 2.34. The first kappa shape index (κ1) is 25.7. The highest BCUT2D eigenvalue weighted by atomic mass is 79.9. The maximum absolute atomic E-state index is 13.1. The molecule has 3 aromatic carbocycles. The molecule has 1 saturated heterocycles. The van der Waals surface area contributed by atoms with Crippen LogP contribution in [0.25, 0.3) is 6.08 Å². The molecule has 1 heterocycles. The lowest BCUT2D eigenvalue weighted by molar-refractivity contribution is -0.127. The Morgan fingerprint density at radius 3 is 2.42 bits per heavy atom. The molecule has 0 atom stereocenters. The monoisotopic (exact) mass is 568 g/mol. The number of imide groups is 1. The number of halogens is 2. The summed E-state index contributed by atoms with van der Waals surface area (Å²) in [6, 6.07) is 16.9. The van der Waals surface area contributed by atoms with Crippen LogP contribution in [0.15, 0.2) is 70.0 Å². The molecule has 0 aromatic heterocycles. The molecule has 1 fully saturated rings. The fourth-order valence-corrected chi connectivity index (χ4v) is 4.99.